The number of aliphatic hydroxyl groups is 1. The van der Waals surface area contributed by atoms with E-state index in [0.717, 1.165) is 13.0 Å². The molecule has 0 spiro atoms. The van der Waals surface area contributed by atoms with Crippen LogP contribution in [0.1, 0.15) is 27.2 Å². The maximum Gasteiger partial charge on any atom is 0.0975 e. The molecule has 92 valence electrons. The Hall–Kier alpha value is -0.160. The Labute approximate surface area is 93.0 Å². The van der Waals surface area contributed by atoms with E-state index in [1.165, 1.54) is 0 Å². The van der Waals surface area contributed by atoms with E-state index in [4.69, 9.17) is 9.47 Å². The number of hydrogen-bond donors (Lipinski definition) is 2. The molecule has 4 heteroatoms. The van der Waals surface area contributed by atoms with Crippen molar-refractivity contribution in [3.63, 3.8) is 0 Å². The summed E-state index contributed by atoms with van der Waals surface area (Å²) in [5.74, 6) is 0. The second-order valence-corrected chi connectivity index (χ2v) is 3.92. The number of rotatable bonds is 10. The van der Waals surface area contributed by atoms with Crippen molar-refractivity contribution in [2.24, 2.45) is 0 Å². The van der Waals surface area contributed by atoms with Crippen LogP contribution in [0, 0.1) is 0 Å². The molecule has 0 rings (SSSR count). The van der Waals surface area contributed by atoms with Crippen LogP contribution >= 0.6 is 0 Å². The molecule has 0 aromatic heterocycles. The fraction of sp³-hybridized carbons (Fsp3) is 1.00. The summed E-state index contributed by atoms with van der Waals surface area (Å²) in [4.78, 5) is 0. The van der Waals surface area contributed by atoms with Crippen LogP contribution in [-0.4, -0.2) is 50.2 Å². The molecule has 0 bridgehead atoms. The highest BCUT2D eigenvalue weighted by molar-refractivity contribution is 4.74. The molecule has 0 aromatic rings. The third-order valence-electron chi connectivity index (χ3n) is 1.92. The maximum atomic E-state index is 9.87. The lowest BCUT2D eigenvalue weighted by molar-refractivity contribution is -0.0454. The smallest absolute Gasteiger partial charge is 0.0975 e. The van der Waals surface area contributed by atoms with Gasteiger partial charge in [0.15, 0.2) is 0 Å². The van der Waals surface area contributed by atoms with Crippen molar-refractivity contribution in [2.75, 3.05) is 39.5 Å². The van der Waals surface area contributed by atoms with Gasteiger partial charge >= 0.3 is 0 Å². The molecule has 1 unspecified atom stereocenters. The van der Waals surface area contributed by atoms with Gasteiger partial charge in [-0.15, -0.1) is 0 Å². The second kappa shape index (κ2) is 9.09. The fourth-order valence-corrected chi connectivity index (χ4v) is 1.14. The van der Waals surface area contributed by atoms with Crippen molar-refractivity contribution in [1.29, 1.82) is 0 Å². The molecule has 15 heavy (non-hydrogen) atoms. The highest BCUT2D eigenvalue weighted by atomic mass is 16.5. The molecule has 1 atom stereocenters. The van der Waals surface area contributed by atoms with E-state index in [2.05, 4.69) is 12.2 Å². The van der Waals surface area contributed by atoms with E-state index in [1.807, 2.05) is 6.92 Å². The van der Waals surface area contributed by atoms with Gasteiger partial charge in [0, 0.05) is 13.2 Å². The van der Waals surface area contributed by atoms with Crippen LogP contribution < -0.4 is 5.32 Å². The van der Waals surface area contributed by atoms with E-state index in [9.17, 15) is 5.11 Å². The number of hydrogen-bond acceptors (Lipinski definition) is 4. The zero-order valence-corrected chi connectivity index (χ0v) is 10.2. The van der Waals surface area contributed by atoms with Crippen LogP contribution in [0.25, 0.3) is 0 Å². The van der Waals surface area contributed by atoms with E-state index >= 15 is 0 Å². The van der Waals surface area contributed by atoms with Gasteiger partial charge in [0.1, 0.15) is 0 Å². The largest absolute Gasteiger partial charge is 0.386 e. The zero-order chi connectivity index (χ0) is 11.6. The summed E-state index contributed by atoms with van der Waals surface area (Å²) >= 11 is 0. The van der Waals surface area contributed by atoms with E-state index < -0.39 is 5.60 Å². The van der Waals surface area contributed by atoms with Gasteiger partial charge in [0.2, 0.25) is 0 Å². The van der Waals surface area contributed by atoms with Crippen molar-refractivity contribution in [3.05, 3.63) is 0 Å². The summed E-state index contributed by atoms with van der Waals surface area (Å²) in [6.07, 6.45) is 1.07. The predicted molar refractivity (Wildman–Crippen MR) is 61.1 cm³/mol. The second-order valence-electron chi connectivity index (χ2n) is 3.92. The summed E-state index contributed by atoms with van der Waals surface area (Å²) in [5.41, 5.74) is -0.790. The van der Waals surface area contributed by atoms with E-state index in [1.54, 1.807) is 6.92 Å². The fourth-order valence-electron chi connectivity index (χ4n) is 1.14. The van der Waals surface area contributed by atoms with Gasteiger partial charge in [-0.3, -0.25) is 0 Å². The molecular weight excluding hydrogens is 194 g/mol. The Balaban J connectivity index is 3.38. The third kappa shape index (κ3) is 10.1. The molecule has 4 nitrogen and oxygen atoms in total. The Bertz CT molecular complexity index is 140. The van der Waals surface area contributed by atoms with Crippen molar-refractivity contribution >= 4 is 0 Å². The molecule has 0 saturated heterocycles. The molecule has 2 N–H and O–H groups in total. The van der Waals surface area contributed by atoms with Crippen LogP contribution in [-0.2, 0) is 9.47 Å². The van der Waals surface area contributed by atoms with Gasteiger partial charge in [-0.25, -0.2) is 0 Å². The molecule has 0 aromatic carbocycles. The number of nitrogens with one attached hydrogen (secondary N) is 1. The van der Waals surface area contributed by atoms with Gasteiger partial charge in [-0.2, -0.15) is 0 Å². The topological polar surface area (TPSA) is 50.7 Å². The lowest BCUT2D eigenvalue weighted by Crippen LogP contribution is -2.42. The molecule has 0 heterocycles. The molecule has 0 aliphatic carbocycles. The zero-order valence-electron chi connectivity index (χ0n) is 10.2. The SMILES string of the molecule is CCCNCC(C)(O)COCCOCC. The molecular formula is C11H25NO3. The van der Waals surface area contributed by atoms with Crippen LogP contribution in [0.3, 0.4) is 0 Å². The maximum absolute atomic E-state index is 9.87. The molecule has 0 amide bonds. The molecule has 0 radical (unpaired) electrons. The predicted octanol–water partition coefficient (Wildman–Crippen LogP) is 0.790. The molecule has 0 fully saturated rings. The monoisotopic (exact) mass is 219 g/mol. The summed E-state index contributed by atoms with van der Waals surface area (Å²) in [6, 6.07) is 0. The van der Waals surface area contributed by atoms with E-state index in [0.29, 0.717) is 33.0 Å². The first-order chi connectivity index (χ1) is 7.12. The summed E-state index contributed by atoms with van der Waals surface area (Å²) in [7, 11) is 0. The van der Waals surface area contributed by atoms with Crippen molar-refractivity contribution in [2.45, 2.75) is 32.8 Å². The van der Waals surface area contributed by atoms with Crippen LogP contribution in [0.2, 0.25) is 0 Å². The van der Waals surface area contributed by atoms with Crippen molar-refractivity contribution < 1.29 is 14.6 Å². The normalized spacial score (nSPS) is 15.2. The number of ether oxygens (including phenoxy) is 2. The molecule has 0 aliphatic heterocycles. The highest BCUT2D eigenvalue weighted by Crippen LogP contribution is 2.01. The summed E-state index contributed by atoms with van der Waals surface area (Å²) < 4.78 is 10.4. The standard InChI is InChI=1S/C11H25NO3/c1-4-6-12-9-11(3,13)10-15-8-7-14-5-2/h12-13H,4-10H2,1-3H3. The molecule has 0 saturated carbocycles. The molecule has 0 aliphatic rings. The lowest BCUT2D eigenvalue weighted by atomic mass is 10.1. The van der Waals surface area contributed by atoms with Gasteiger partial charge in [-0.05, 0) is 26.8 Å². The Morgan fingerprint density at radius 1 is 1.20 bits per heavy atom. The minimum Gasteiger partial charge on any atom is -0.386 e. The quantitative estimate of drug-likeness (QED) is 0.533. The van der Waals surface area contributed by atoms with Crippen molar-refractivity contribution in [1.82, 2.24) is 5.32 Å². The third-order valence-corrected chi connectivity index (χ3v) is 1.92. The summed E-state index contributed by atoms with van der Waals surface area (Å²) in [5, 5.41) is 13.0. The first-order valence-electron chi connectivity index (χ1n) is 5.71. The Morgan fingerprint density at radius 2 is 1.87 bits per heavy atom. The van der Waals surface area contributed by atoms with Crippen LogP contribution in [0.4, 0.5) is 0 Å². The van der Waals surface area contributed by atoms with Gasteiger partial charge < -0.3 is 19.9 Å². The van der Waals surface area contributed by atoms with Crippen molar-refractivity contribution in [3.8, 4) is 0 Å². The van der Waals surface area contributed by atoms with E-state index in [-0.39, 0.29) is 0 Å². The van der Waals surface area contributed by atoms with Gasteiger partial charge in [0.25, 0.3) is 0 Å². The first kappa shape index (κ1) is 14.8. The van der Waals surface area contributed by atoms with Crippen LogP contribution in [0.5, 0.6) is 0 Å². The lowest BCUT2D eigenvalue weighted by Gasteiger charge is -2.23. The average Bonchev–Trinajstić information content (AvgIpc) is 2.17. The highest BCUT2D eigenvalue weighted by Gasteiger charge is 2.19. The van der Waals surface area contributed by atoms with Gasteiger partial charge in [-0.1, -0.05) is 6.92 Å². The minimum absolute atomic E-state index is 0.344. The first-order valence-corrected chi connectivity index (χ1v) is 5.71. The minimum atomic E-state index is -0.790. The Kier molecular flexibility index (Phi) is 9.00. The summed E-state index contributed by atoms with van der Waals surface area (Å²) in [6.45, 7) is 9.49. The Morgan fingerprint density at radius 3 is 2.47 bits per heavy atom. The van der Waals surface area contributed by atoms with Crippen LogP contribution in [0.15, 0.2) is 0 Å². The average molecular weight is 219 g/mol. The van der Waals surface area contributed by atoms with Gasteiger partial charge in [0.05, 0.1) is 25.4 Å².